The van der Waals surface area contributed by atoms with Crippen LogP contribution in [-0.4, -0.2) is 4.98 Å². The third-order valence-corrected chi connectivity index (χ3v) is 4.00. The van der Waals surface area contributed by atoms with Gasteiger partial charge in [0, 0.05) is 29.7 Å². The number of aryl methyl sites for hydroxylation is 1. The summed E-state index contributed by atoms with van der Waals surface area (Å²) in [6.45, 7) is 3.07. The second-order valence-corrected chi connectivity index (χ2v) is 5.41. The summed E-state index contributed by atoms with van der Waals surface area (Å²) in [7, 11) is 0. The van der Waals surface area contributed by atoms with Crippen LogP contribution in [0.3, 0.4) is 0 Å². The monoisotopic (exact) mass is 428 g/mol. The Kier molecular flexibility index (Phi) is 4.94. The number of hydrogen-bond acceptors (Lipinski definition) is 2. The first kappa shape index (κ1) is 16.6. The Morgan fingerprint density at radius 2 is 1.75 bits per heavy atom. The number of pyridine rings is 1. The van der Waals surface area contributed by atoms with Crippen LogP contribution in [0.4, 0.5) is 0 Å². The first-order chi connectivity index (χ1) is 11.3. The summed E-state index contributed by atoms with van der Waals surface area (Å²) in [6.07, 6.45) is 3.98. The smallest absolute Gasteiger partial charge is 0.220 e. The zero-order chi connectivity index (χ0) is 15.6. The third-order valence-electron chi connectivity index (χ3n) is 4.00. The van der Waals surface area contributed by atoms with Gasteiger partial charge in [-0.05, 0) is 31.2 Å². The molecule has 0 bridgehead atoms. The number of nitrogens with zero attached hydrogens (tertiary/aromatic N) is 2. The molecule has 2 aromatic carbocycles. The van der Waals surface area contributed by atoms with Crippen molar-refractivity contribution in [2.75, 3.05) is 0 Å². The molecular weight excluding hydrogens is 411 g/mol. The van der Waals surface area contributed by atoms with E-state index >= 15 is 0 Å². The molecule has 4 aromatic rings. The molecule has 0 N–H and O–H groups in total. The van der Waals surface area contributed by atoms with Crippen LogP contribution >= 0.6 is 0 Å². The minimum Gasteiger partial charge on any atom is -1.00 e. The molecule has 0 saturated heterocycles. The van der Waals surface area contributed by atoms with Crippen LogP contribution < -0.4 is 28.5 Å². The van der Waals surface area contributed by atoms with Gasteiger partial charge in [0.15, 0.2) is 5.58 Å². The van der Waals surface area contributed by atoms with Gasteiger partial charge in [-0.3, -0.25) is 0 Å². The van der Waals surface area contributed by atoms with Gasteiger partial charge >= 0.3 is 0 Å². The van der Waals surface area contributed by atoms with E-state index in [1.165, 1.54) is 10.9 Å². The lowest BCUT2D eigenvalue weighted by molar-refractivity contribution is -0.669. The predicted molar refractivity (Wildman–Crippen MR) is 92.8 cm³/mol. The first-order valence-electron chi connectivity index (χ1n) is 7.80. The third kappa shape index (κ3) is 3.06. The fraction of sp³-hybridized carbons (Fsp3) is 0.100. The Labute approximate surface area is 157 Å². The highest BCUT2D eigenvalue weighted by Crippen LogP contribution is 2.17. The van der Waals surface area contributed by atoms with Crippen LogP contribution in [0.1, 0.15) is 18.5 Å². The topological polar surface area (TPSA) is 29.9 Å². The normalized spacial score (nSPS) is 11.2. The SMILES string of the molecule is CC[n+]1c(/C=C/c2nc3ccccc3o2)ccc2ccccc21.[I-]. The summed E-state index contributed by atoms with van der Waals surface area (Å²) in [6, 6.07) is 20.5. The second-order valence-electron chi connectivity index (χ2n) is 5.41. The van der Waals surface area contributed by atoms with Crippen LogP contribution in [0.2, 0.25) is 0 Å². The largest absolute Gasteiger partial charge is 1.00 e. The van der Waals surface area contributed by atoms with Crippen molar-refractivity contribution in [2.45, 2.75) is 13.5 Å². The van der Waals surface area contributed by atoms with Crippen molar-refractivity contribution in [2.24, 2.45) is 0 Å². The average molecular weight is 428 g/mol. The molecule has 120 valence electrons. The summed E-state index contributed by atoms with van der Waals surface area (Å²) in [5.74, 6) is 0.627. The number of benzene rings is 2. The molecule has 4 rings (SSSR count). The van der Waals surface area contributed by atoms with Gasteiger partial charge in [0.1, 0.15) is 12.1 Å². The zero-order valence-corrected chi connectivity index (χ0v) is 15.5. The van der Waals surface area contributed by atoms with E-state index in [0.717, 1.165) is 23.3 Å². The Morgan fingerprint density at radius 1 is 0.958 bits per heavy atom. The van der Waals surface area contributed by atoms with E-state index in [1.807, 2.05) is 30.3 Å². The minimum absolute atomic E-state index is 0. The van der Waals surface area contributed by atoms with E-state index < -0.39 is 0 Å². The van der Waals surface area contributed by atoms with E-state index in [2.05, 4.69) is 58.9 Å². The molecule has 3 nitrogen and oxygen atoms in total. The van der Waals surface area contributed by atoms with Gasteiger partial charge in [-0.25, -0.2) is 4.98 Å². The van der Waals surface area contributed by atoms with E-state index in [9.17, 15) is 0 Å². The minimum atomic E-state index is 0. The van der Waals surface area contributed by atoms with Crippen molar-refractivity contribution in [3.63, 3.8) is 0 Å². The highest BCUT2D eigenvalue weighted by Gasteiger charge is 2.11. The zero-order valence-electron chi connectivity index (χ0n) is 13.3. The maximum atomic E-state index is 5.74. The number of fused-ring (bicyclic) bond motifs is 2. The lowest BCUT2D eigenvalue weighted by Gasteiger charge is -2.02. The summed E-state index contributed by atoms with van der Waals surface area (Å²) in [5.41, 5.74) is 4.06. The quantitative estimate of drug-likeness (QED) is 0.366. The Morgan fingerprint density at radius 3 is 2.58 bits per heavy atom. The Bertz CT molecular complexity index is 987. The number of hydrogen-bond donors (Lipinski definition) is 0. The molecule has 0 fully saturated rings. The van der Waals surface area contributed by atoms with Crippen molar-refractivity contribution in [1.82, 2.24) is 4.98 Å². The van der Waals surface area contributed by atoms with E-state index in [1.54, 1.807) is 0 Å². The lowest BCUT2D eigenvalue weighted by atomic mass is 10.2. The highest BCUT2D eigenvalue weighted by molar-refractivity contribution is 5.78. The molecule has 0 aliphatic carbocycles. The average Bonchev–Trinajstić information content (AvgIpc) is 3.02. The second kappa shape index (κ2) is 7.13. The van der Waals surface area contributed by atoms with Crippen LogP contribution in [-0.2, 0) is 6.54 Å². The maximum absolute atomic E-state index is 5.74. The molecule has 0 aliphatic rings. The number of oxazole rings is 1. The highest BCUT2D eigenvalue weighted by atomic mass is 127. The van der Waals surface area contributed by atoms with E-state index in [4.69, 9.17) is 4.42 Å². The molecule has 0 radical (unpaired) electrons. The van der Waals surface area contributed by atoms with Gasteiger partial charge in [0.2, 0.25) is 17.1 Å². The predicted octanol–water partition coefficient (Wildman–Crippen LogP) is 1.46. The van der Waals surface area contributed by atoms with Crippen LogP contribution in [0.15, 0.2) is 65.1 Å². The van der Waals surface area contributed by atoms with E-state index in [-0.39, 0.29) is 24.0 Å². The van der Waals surface area contributed by atoms with Gasteiger partial charge in [-0.1, -0.05) is 24.3 Å². The van der Waals surface area contributed by atoms with E-state index in [0.29, 0.717) is 5.89 Å². The first-order valence-corrected chi connectivity index (χ1v) is 7.80. The number of para-hydroxylation sites is 3. The molecule has 0 amide bonds. The molecule has 4 heteroatoms. The van der Waals surface area contributed by atoms with Crippen molar-refractivity contribution < 1.29 is 33.0 Å². The lowest BCUT2D eigenvalue weighted by Crippen LogP contribution is -3.00. The van der Waals surface area contributed by atoms with Gasteiger partial charge < -0.3 is 28.4 Å². The fourth-order valence-electron chi connectivity index (χ4n) is 2.89. The van der Waals surface area contributed by atoms with Crippen molar-refractivity contribution in [3.8, 4) is 0 Å². The van der Waals surface area contributed by atoms with Crippen molar-refractivity contribution >= 4 is 34.2 Å². The molecule has 0 spiro atoms. The fourth-order valence-corrected chi connectivity index (χ4v) is 2.89. The van der Waals surface area contributed by atoms with Crippen molar-refractivity contribution in [3.05, 3.63) is 72.2 Å². The summed E-state index contributed by atoms with van der Waals surface area (Å²) in [4.78, 5) is 4.48. The summed E-state index contributed by atoms with van der Waals surface area (Å²) < 4.78 is 8.03. The van der Waals surface area contributed by atoms with Gasteiger partial charge in [0.05, 0.1) is 0 Å². The number of halogens is 1. The van der Waals surface area contributed by atoms with Gasteiger partial charge in [-0.2, -0.15) is 4.57 Å². The summed E-state index contributed by atoms with van der Waals surface area (Å²) in [5, 5.41) is 1.24. The molecule has 24 heavy (non-hydrogen) atoms. The van der Waals surface area contributed by atoms with Crippen LogP contribution in [0.25, 0.3) is 34.2 Å². The van der Waals surface area contributed by atoms with Crippen LogP contribution in [0, 0.1) is 0 Å². The van der Waals surface area contributed by atoms with Crippen molar-refractivity contribution in [1.29, 1.82) is 0 Å². The van der Waals surface area contributed by atoms with Gasteiger partial charge in [0.25, 0.3) is 0 Å². The van der Waals surface area contributed by atoms with Crippen LogP contribution in [0.5, 0.6) is 0 Å². The molecule has 0 saturated carbocycles. The number of aromatic nitrogens is 2. The molecule has 2 aromatic heterocycles. The number of rotatable bonds is 3. The molecule has 2 heterocycles. The molecule has 0 unspecified atom stereocenters. The Hall–Kier alpha value is -2.21. The summed E-state index contributed by atoms with van der Waals surface area (Å²) >= 11 is 0. The molecule has 0 aliphatic heterocycles. The molecular formula is C20H17IN2O. The van der Waals surface area contributed by atoms with Gasteiger partial charge in [-0.15, -0.1) is 0 Å². The molecule has 0 atom stereocenters. The standard InChI is InChI=1S/C20H17N2O.HI/c1-2-22-16(12-11-15-7-3-5-9-18(15)22)13-14-20-21-17-8-4-6-10-19(17)23-20;/h3-14H,2H2,1H3;1H/q+1;/p-1/b14-13+;. The Balaban J connectivity index is 0.00000169. The maximum Gasteiger partial charge on any atom is 0.220 e.